The van der Waals surface area contributed by atoms with Crippen LogP contribution in [0.15, 0.2) is 45.7 Å². The van der Waals surface area contributed by atoms with Gasteiger partial charge in [0.25, 0.3) is 0 Å². The van der Waals surface area contributed by atoms with Gasteiger partial charge in [-0.05, 0) is 12.1 Å². The van der Waals surface area contributed by atoms with E-state index in [1.807, 2.05) is 18.2 Å². The molecule has 0 aliphatic carbocycles. The Balaban J connectivity index is 2.74. The number of carbonyl (C=O) groups excluding carboxylic acids is 1. The van der Waals surface area contributed by atoms with E-state index in [2.05, 4.69) is 15.3 Å². The first-order valence-corrected chi connectivity index (χ1v) is 3.56. The van der Waals surface area contributed by atoms with Crippen LogP contribution in [0.2, 0.25) is 0 Å². The Morgan fingerprint density at radius 2 is 2.00 bits per heavy atom. The fourth-order valence-corrected chi connectivity index (χ4v) is 0.683. The number of benzene rings is 1. The van der Waals surface area contributed by atoms with E-state index in [0.717, 1.165) is 0 Å². The van der Waals surface area contributed by atoms with Gasteiger partial charge in [-0.15, -0.1) is 10.2 Å². The van der Waals surface area contributed by atoms with Gasteiger partial charge in [0, 0.05) is 0 Å². The highest BCUT2D eigenvalue weighted by atomic mass is 16.1. The maximum atomic E-state index is 10.2. The minimum atomic E-state index is -0.135. The van der Waals surface area contributed by atoms with E-state index in [1.54, 1.807) is 12.1 Å². The molecule has 0 atom stereocenters. The molecule has 1 aromatic carbocycles. The van der Waals surface area contributed by atoms with E-state index in [4.69, 9.17) is 5.84 Å². The zero-order chi connectivity index (χ0) is 9.52. The van der Waals surface area contributed by atoms with Crippen LogP contribution in [0.5, 0.6) is 0 Å². The lowest BCUT2D eigenvalue weighted by Crippen LogP contribution is -1.97. The summed E-state index contributed by atoms with van der Waals surface area (Å²) in [5.74, 6) is 4.72. The van der Waals surface area contributed by atoms with Crippen LogP contribution in [0.3, 0.4) is 0 Å². The molecule has 0 unspecified atom stereocenters. The predicted octanol–water partition coefficient (Wildman–Crippen LogP) is 1.24. The topological polar surface area (TPSA) is 80.2 Å². The monoisotopic (exact) mass is 176 g/mol. The zero-order valence-corrected chi connectivity index (χ0v) is 6.79. The summed E-state index contributed by atoms with van der Waals surface area (Å²) in [7, 11) is 0. The number of rotatable bonds is 2. The van der Waals surface area contributed by atoms with Gasteiger partial charge in [-0.3, -0.25) is 4.79 Å². The van der Waals surface area contributed by atoms with Crippen molar-refractivity contribution in [2.45, 2.75) is 0 Å². The number of hydrogen-bond acceptors (Lipinski definition) is 4. The van der Waals surface area contributed by atoms with Crippen molar-refractivity contribution in [1.29, 1.82) is 0 Å². The van der Waals surface area contributed by atoms with E-state index >= 15 is 0 Å². The van der Waals surface area contributed by atoms with Crippen LogP contribution >= 0.6 is 0 Å². The molecule has 0 saturated carbocycles. The van der Waals surface area contributed by atoms with Crippen molar-refractivity contribution in [1.82, 2.24) is 0 Å². The minimum absolute atomic E-state index is 0.135. The first-order valence-electron chi connectivity index (χ1n) is 3.56. The zero-order valence-electron chi connectivity index (χ0n) is 6.79. The van der Waals surface area contributed by atoms with Gasteiger partial charge in [0.1, 0.15) is 0 Å². The summed E-state index contributed by atoms with van der Waals surface area (Å²) < 4.78 is 0. The summed E-state index contributed by atoms with van der Waals surface area (Å²) in [6.07, 6.45) is 0.437. The van der Waals surface area contributed by atoms with E-state index in [1.165, 1.54) is 0 Å². The van der Waals surface area contributed by atoms with Crippen LogP contribution < -0.4 is 5.84 Å². The van der Waals surface area contributed by atoms with Crippen LogP contribution in [0.1, 0.15) is 0 Å². The molecule has 13 heavy (non-hydrogen) atoms. The highest BCUT2D eigenvalue weighted by Gasteiger charge is 1.91. The van der Waals surface area contributed by atoms with E-state index in [9.17, 15) is 4.79 Å². The van der Waals surface area contributed by atoms with E-state index in [-0.39, 0.29) is 5.84 Å². The maximum absolute atomic E-state index is 10.2. The van der Waals surface area contributed by atoms with Crippen LogP contribution in [0.4, 0.5) is 5.69 Å². The largest absolute Gasteiger partial charge is 0.321 e. The molecule has 0 aliphatic rings. The second kappa shape index (κ2) is 4.76. The lowest BCUT2D eigenvalue weighted by molar-refractivity contribution is -0.102. The van der Waals surface area contributed by atoms with Crippen molar-refractivity contribution < 1.29 is 4.79 Å². The normalized spacial score (nSPS) is 11.8. The average Bonchev–Trinajstić information content (AvgIpc) is 2.21. The summed E-state index contributed by atoms with van der Waals surface area (Å²) in [5.41, 5.74) is 0.644. The maximum Gasteiger partial charge on any atom is 0.232 e. The van der Waals surface area contributed by atoms with E-state index in [0.29, 0.717) is 12.0 Å². The summed E-state index contributed by atoms with van der Waals surface area (Å²) in [4.78, 5) is 10.2. The van der Waals surface area contributed by atoms with Crippen molar-refractivity contribution in [3.05, 3.63) is 30.3 Å². The van der Waals surface area contributed by atoms with Crippen LogP contribution in [0, 0.1) is 0 Å². The lowest BCUT2D eigenvalue weighted by Gasteiger charge is -1.88. The molecular weight excluding hydrogens is 168 g/mol. The minimum Gasteiger partial charge on any atom is -0.321 e. The molecule has 0 aliphatic heterocycles. The first-order chi connectivity index (χ1) is 6.36. The molecule has 0 saturated heterocycles. The number of nitrogens with zero attached hydrogens (tertiary/aromatic N) is 3. The van der Waals surface area contributed by atoms with Crippen molar-refractivity contribution in [3.63, 3.8) is 0 Å². The molecule has 2 N–H and O–H groups in total. The number of azo groups is 1. The SMILES string of the molecule is NN=C(C=O)N=Nc1ccccc1. The second-order valence-corrected chi connectivity index (χ2v) is 2.14. The summed E-state index contributed by atoms with van der Waals surface area (Å²) >= 11 is 0. The van der Waals surface area contributed by atoms with Crippen molar-refractivity contribution in [2.24, 2.45) is 21.2 Å². The molecule has 1 aromatic rings. The number of hydrogen-bond donors (Lipinski definition) is 1. The first kappa shape index (κ1) is 9.05. The third kappa shape index (κ3) is 2.82. The third-order valence-electron chi connectivity index (χ3n) is 1.26. The molecule has 5 nitrogen and oxygen atoms in total. The average molecular weight is 176 g/mol. The highest BCUT2D eigenvalue weighted by Crippen LogP contribution is 2.09. The van der Waals surface area contributed by atoms with Gasteiger partial charge >= 0.3 is 0 Å². The van der Waals surface area contributed by atoms with Crippen LogP contribution in [-0.4, -0.2) is 12.1 Å². The Kier molecular flexibility index (Phi) is 3.31. The third-order valence-corrected chi connectivity index (χ3v) is 1.26. The quantitative estimate of drug-likeness (QED) is 0.184. The van der Waals surface area contributed by atoms with Gasteiger partial charge in [-0.1, -0.05) is 18.2 Å². The van der Waals surface area contributed by atoms with Gasteiger partial charge in [-0.25, -0.2) is 0 Å². The highest BCUT2D eigenvalue weighted by molar-refractivity contribution is 6.27. The Hall–Kier alpha value is -2.04. The molecule has 0 heterocycles. The number of carbonyl (C=O) groups is 1. The second-order valence-electron chi connectivity index (χ2n) is 2.14. The number of nitrogens with two attached hydrogens (primary N) is 1. The number of aldehydes is 1. The van der Waals surface area contributed by atoms with Crippen LogP contribution in [-0.2, 0) is 4.79 Å². The lowest BCUT2D eigenvalue weighted by atomic mass is 10.3. The van der Waals surface area contributed by atoms with E-state index < -0.39 is 0 Å². The van der Waals surface area contributed by atoms with Gasteiger partial charge in [0.15, 0.2) is 6.29 Å². The molecule has 1 rings (SSSR count). The van der Waals surface area contributed by atoms with Crippen LogP contribution in [0.25, 0.3) is 0 Å². The summed E-state index contributed by atoms with van der Waals surface area (Å²) in [6, 6.07) is 8.99. The molecule has 0 spiro atoms. The standard InChI is InChI=1S/C8H8N4O/c9-10-8(6-13)12-11-7-4-2-1-3-5-7/h1-6H,9H2. The van der Waals surface area contributed by atoms with Gasteiger partial charge < -0.3 is 5.84 Å². The van der Waals surface area contributed by atoms with Crippen molar-refractivity contribution in [2.75, 3.05) is 0 Å². The number of hydrazone groups is 1. The summed E-state index contributed by atoms with van der Waals surface area (Å²) in [6.45, 7) is 0. The van der Waals surface area contributed by atoms with Crippen molar-refractivity contribution in [3.8, 4) is 0 Å². The summed E-state index contributed by atoms with van der Waals surface area (Å²) in [5, 5.41) is 10.4. The Morgan fingerprint density at radius 3 is 2.54 bits per heavy atom. The Morgan fingerprint density at radius 1 is 1.31 bits per heavy atom. The molecule has 0 bridgehead atoms. The molecule has 66 valence electrons. The molecule has 0 radical (unpaired) electrons. The molecular formula is C8H8N4O. The predicted molar refractivity (Wildman–Crippen MR) is 48.6 cm³/mol. The van der Waals surface area contributed by atoms with Gasteiger partial charge in [0.2, 0.25) is 5.84 Å². The molecule has 0 fully saturated rings. The Labute approximate surface area is 75.0 Å². The molecule has 0 aromatic heterocycles. The Bertz CT molecular complexity index is 331. The number of amidine groups is 1. The fraction of sp³-hybridized carbons (Fsp3) is 0. The van der Waals surface area contributed by atoms with Gasteiger partial charge in [0.05, 0.1) is 5.69 Å². The molecule has 0 amide bonds. The van der Waals surface area contributed by atoms with Crippen molar-refractivity contribution >= 4 is 17.8 Å². The molecule has 5 heteroatoms. The van der Waals surface area contributed by atoms with Gasteiger partial charge in [-0.2, -0.15) is 5.10 Å². The fourth-order valence-electron chi connectivity index (χ4n) is 0.683. The smallest absolute Gasteiger partial charge is 0.232 e.